The van der Waals surface area contributed by atoms with Crippen molar-refractivity contribution in [3.8, 4) is 11.5 Å². The van der Waals surface area contributed by atoms with Gasteiger partial charge >= 0.3 is 0 Å². The number of methoxy groups -OCH3 is 1. The highest BCUT2D eigenvalue weighted by atomic mass is 32.1. The fourth-order valence-electron chi connectivity index (χ4n) is 3.39. The van der Waals surface area contributed by atoms with Gasteiger partial charge in [0.1, 0.15) is 10.7 Å². The summed E-state index contributed by atoms with van der Waals surface area (Å²) in [6.45, 7) is 2.72. The number of benzene rings is 1. The van der Waals surface area contributed by atoms with Gasteiger partial charge in [-0.25, -0.2) is 4.98 Å². The molecule has 1 aliphatic carbocycles. The standard InChI is InChI=1S/C21H22N2O3S/c1-3-11-26-15-9-7-13(12-16(15)25-2)8-10-18-22-20(24)19-14-5-4-6-17(14)27-21(19)23-18/h7-10,12H,3-6,11H2,1-2H3,(H,22,23,24)/b10-8+. The molecule has 0 saturated heterocycles. The first-order valence-electron chi connectivity index (χ1n) is 9.23. The molecule has 3 aromatic rings. The summed E-state index contributed by atoms with van der Waals surface area (Å²) < 4.78 is 11.1. The number of H-pyrrole nitrogens is 1. The average molecular weight is 382 g/mol. The molecule has 1 aliphatic rings. The van der Waals surface area contributed by atoms with Gasteiger partial charge in [-0.15, -0.1) is 11.3 Å². The first-order chi connectivity index (χ1) is 13.2. The minimum absolute atomic E-state index is 0.0417. The van der Waals surface area contributed by atoms with E-state index in [1.54, 1.807) is 18.4 Å². The second-order valence-corrected chi connectivity index (χ2v) is 7.66. The molecule has 4 rings (SSSR count). The first kappa shape index (κ1) is 17.8. The van der Waals surface area contributed by atoms with Crippen LogP contribution in [0, 0.1) is 0 Å². The van der Waals surface area contributed by atoms with Gasteiger partial charge in [0.05, 0.1) is 19.1 Å². The van der Waals surface area contributed by atoms with Crippen LogP contribution in [0.1, 0.15) is 41.6 Å². The van der Waals surface area contributed by atoms with E-state index in [-0.39, 0.29) is 5.56 Å². The minimum Gasteiger partial charge on any atom is -0.493 e. The number of hydrogen-bond donors (Lipinski definition) is 1. The lowest BCUT2D eigenvalue weighted by molar-refractivity contribution is 0.294. The molecular formula is C21H22N2O3S. The highest BCUT2D eigenvalue weighted by Gasteiger charge is 2.20. The van der Waals surface area contributed by atoms with Crippen molar-refractivity contribution in [2.45, 2.75) is 32.6 Å². The minimum atomic E-state index is -0.0417. The summed E-state index contributed by atoms with van der Waals surface area (Å²) in [6, 6.07) is 5.77. The number of aromatic amines is 1. The number of nitrogens with one attached hydrogen (secondary N) is 1. The molecule has 0 atom stereocenters. The molecule has 5 nitrogen and oxygen atoms in total. The zero-order valence-corrected chi connectivity index (χ0v) is 16.3. The van der Waals surface area contributed by atoms with Gasteiger partial charge in [-0.1, -0.05) is 19.1 Å². The average Bonchev–Trinajstić information content (AvgIpc) is 3.25. The van der Waals surface area contributed by atoms with Crippen LogP contribution in [0.25, 0.3) is 22.4 Å². The molecule has 0 aliphatic heterocycles. The van der Waals surface area contributed by atoms with Crippen LogP contribution >= 0.6 is 11.3 Å². The van der Waals surface area contributed by atoms with Gasteiger partial charge in [0.25, 0.3) is 5.56 Å². The van der Waals surface area contributed by atoms with Gasteiger partial charge in [-0.05, 0) is 55.0 Å². The summed E-state index contributed by atoms with van der Waals surface area (Å²) in [6.07, 6.45) is 7.87. The predicted octanol–water partition coefficient (Wildman–Crippen LogP) is 4.44. The molecule has 0 saturated carbocycles. The van der Waals surface area contributed by atoms with Crippen LogP contribution in [0.3, 0.4) is 0 Å². The third-order valence-corrected chi connectivity index (χ3v) is 5.86. The maximum Gasteiger partial charge on any atom is 0.260 e. The van der Waals surface area contributed by atoms with E-state index >= 15 is 0 Å². The Labute approximate surface area is 161 Å². The number of nitrogens with zero attached hydrogens (tertiary/aromatic N) is 1. The number of aromatic nitrogens is 2. The predicted molar refractivity (Wildman–Crippen MR) is 110 cm³/mol. The normalized spacial score (nSPS) is 13.4. The molecule has 0 amide bonds. The molecule has 0 radical (unpaired) electrons. The van der Waals surface area contributed by atoms with Crippen LogP contribution in [0.4, 0.5) is 0 Å². The monoisotopic (exact) mass is 382 g/mol. The molecule has 1 aromatic carbocycles. The zero-order chi connectivity index (χ0) is 18.8. The number of ether oxygens (including phenoxy) is 2. The van der Waals surface area contributed by atoms with E-state index < -0.39 is 0 Å². The van der Waals surface area contributed by atoms with Crippen molar-refractivity contribution in [1.82, 2.24) is 9.97 Å². The molecule has 0 fully saturated rings. The number of fused-ring (bicyclic) bond motifs is 3. The van der Waals surface area contributed by atoms with E-state index in [4.69, 9.17) is 9.47 Å². The number of rotatable bonds is 6. The Morgan fingerprint density at radius 1 is 1.26 bits per heavy atom. The van der Waals surface area contributed by atoms with E-state index in [0.717, 1.165) is 47.2 Å². The Hall–Kier alpha value is -2.60. The molecule has 2 aromatic heterocycles. The largest absolute Gasteiger partial charge is 0.493 e. The fraction of sp³-hybridized carbons (Fsp3) is 0.333. The summed E-state index contributed by atoms with van der Waals surface area (Å²) in [7, 11) is 1.63. The summed E-state index contributed by atoms with van der Waals surface area (Å²) in [5, 5.41) is 0.781. The highest BCUT2D eigenvalue weighted by molar-refractivity contribution is 7.18. The third-order valence-electron chi connectivity index (χ3n) is 4.68. The number of thiophene rings is 1. The van der Waals surface area contributed by atoms with Crippen LogP contribution in [-0.4, -0.2) is 23.7 Å². The molecule has 0 bridgehead atoms. The molecule has 0 unspecified atom stereocenters. The van der Waals surface area contributed by atoms with Gasteiger partial charge in [0.2, 0.25) is 0 Å². The van der Waals surface area contributed by atoms with Crippen LogP contribution in [0.15, 0.2) is 23.0 Å². The van der Waals surface area contributed by atoms with Crippen molar-refractivity contribution >= 4 is 33.7 Å². The Morgan fingerprint density at radius 2 is 2.15 bits per heavy atom. The summed E-state index contributed by atoms with van der Waals surface area (Å²) in [5.74, 6) is 1.99. The molecule has 0 spiro atoms. The third kappa shape index (κ3) is 3.49. The van der Waals surface area contributed by atoms with Crippen molar-refractivity contribution in [2.24, 2.45) is 0 Å². The summed E-state index contributed by atoms with van der Waals surface area (Å²) in [4.78, 5) is 22.2. The van der Waals surface area contributed by atoms with Crippen LogP contribution in [-0.2, 0) is 12.8 Å². The molecule has 1 N–H and O–H groups in total. The number of hydrogen-bond acceptors (Lipinski definition) is 5. The Kier molecular flexibility index (Phi) is 4.99. The van der Waals surface area contributed by atoms with E-state index in [1.165, 1.54) is 10.4 Å². The SMILES string of the molecule is CCCOc1ccc(/C=C/c2nc3sc4c(c3c(=O)[nH]2)CCC4)cc1OC. The molecule has 140 valence electrons. The highest BCUT2D eigenvalue weighted by Crippen LogP contribution is 2.34. The van der Waals surface area contributed by atoms with Crippen LogP contribution in [0.2, 0.25) is 0 Å². The summed E-state index contributed by atoms with van der Waals surface area (Å²) in [5.41, 5.74) is 2.11. The molecule has 27 heavy (non-hydrogen) atoms. The van der Waals surface area contributed by atoms with Crippen molar-refractivity contribution in [3.63, 3.8) is 0 Å². The Balaban J connectivity index is 1.62. The van der Waals surface area contributed by atoms with Crippen molar-refractivity contribution in [3.05, 3.63) is 50.4 Å². The number of aryl methyl sites for hydroxylation is 2. The maximum atomic E-state index is 12.5. The fourth-order valence-corrected chi connectivity index (χ4v) is 4.66. The smallest absolute Gasteiger partial charge is 0.260 e. The summed E-state index contributed by atoms with van der Waals surface area (Å²) >= 11 is 1.65. The van der Waals surface area contributed by atoms with Gasteiger partial charge in [-0.2, -0.15) is 0 Å². The quantitative estimate of drug-likeness (QED) is 0.684. The second-order valence-electron chi connectivity index (χ2n) is 6.58. The van der Waals surface area contributed by atoms with Gasteiger partial charge < -0.3 is 14.5 Å². The Morgan fingerprint density at radius 3 is 2.96 bits per heavy atom. The lowest BCUT2D eigenvalue weighted by Gasteiger charge is -2.10. The maximum absolute atomic E-state index is 12.5. The van der Waals surface area contributed by atoms with E-state index in [0.29, 0.717) is 18.2 Å². The van der Waals surface area contributed by atoms with Gasteiger partial charge in [0.15, 0.2) is 11.5 Å². The van der Waals surface area contributed by atoms with E-state index in [9.17, 15) is 4.79 Å². The molecular weight excluding hydrogens is 360 g/mol. The van der Waals surface area contributed by atoms with Crippen molar-refractivity contribution < 1.29 is 9.47 Å². The molecule has 6 heteroatoms. The molecule has 2 heterocycles. The Bertz CT molecular complexity index is 1070. The van der Waals surface area contributed by atoms with Crippen molar-refractivity contribution in [2.75, 3.05) is 13.7 Å². The van der Waals surface area contributed by atoms with Crippen LogP contribution in [0.5, 0.6) is 11.5 Å². The lowest BCUT2D eigenvalue weighted by atomic mass is 10.2. The van der Waals surface area contributed by atoms with E-state index in [2.05, 4.69) is 16.9 Å². The zero-order valence-electron chi connectivity index (χ0n) is 15.5. The van der Waals surface area contributed by atoms with E-state index in [1.807, 2.05) is 30.4 Å². The van der Waals surface area contributed by atoms with Gasteiger partial charge in [0, 0.05) is 4.88 Å². The second kappa shape index (κ2) is 7.56. The lowest BCUT2D eigenvalue weighted by Crippen LogP contribution is -2.09. The topological polar surface area (TPSA) is 64.2 Å². The van der Waals surface area contributed by atoms with Gasteiger partial charge in [-0.3, -0.25) is 4.79 Å². The van der Waals surface area contributed by atoms with Crippen LogP contribution < -0.4 is 15.0 Å². The van der Waals surface area contributed by atoms with Crippen molar-refractivity contribution in [1.29, 1.82) is 0 Å². The first-order valence-corrected chi connectivity index (χ1v) is 10.0.